The van der Waals surface area contributed by atoms with Gasteiger partial charge in [0.25, 0.3) is 15.7 Å². The molecular weight excluding hydrogens is 375 g/mol. The molecule has 2 rings (SSSR count). The molecule has 0 heterocycles. The van der Waals surface area contributed by atoms with Crippen molar-refractivity contribution in [1.29, 1.82) is 0 Å². The molecule has 2 aromatic rings. The first-order valence-electron chi connectivity index (χ1n) is 6.60. The first kappa shape index (κ1) is 18.3. The Labute approximate surface area is 149 Å². The van der Waals surface area contributed by atoms with E-state index >= 15 is 0 Å². The summed E-state index contributed by atoms with van der Waals surface area (Å²) in [4.78, 5) is 10.3. The Morgan fingerprint density at radius 1 is 1.17 bits per heavy atom. The van der Waals surface area contributed by atoms with Crippen LogP contribution in [0.25, 0.3) is 0 Å². The van der Waals surface area contributed by atoms with Gasteiger partial charge in [-0.1, -0.05) is 29.3 Å². The third-order valence-electron chi connectivity index (χ3n) is 3.11. The van der Waals surface area contributed by atoms with E-state index in [1.165, 1.54) is 42.5 Å². The first-order valence-corrected chi connectivity index (χ1v) is 8.80. The second-order valence-electron chi connectivity index (χ2n) is 4.67. The summed E-state index contributed by atoms with van der Waals surface area (Å²) in [5, 5.41) is 11.4. The highest BCUT2D eigenvalue weighted by Crippen LogP contribution is 2.33. The van der Waals surface area contributed by atoms with Crippen molar-refractivity contribution < 1.29 is 13.3 Å². The summed E-state index contributed by atoms with van der Waals surface area (Å²) in [6.07, 6.45) is 1.36. The number of non-ortho nitro benzene ring substituents is 1. The van der Waals surface area contributed by atoms with Crippen LogP contribution in [-0.4, -0.2) is 19.9 Å². The predicted molar refractivity (Wildman–Crippen MR) is 94.3 cm³/mol. The summed E-state index contributed by atoms with van der Waals surface area (Å²) in [5.41, 5.74) is -0.268. The van der Waals surface area contributed by atoms with Gasteiger partial charge in [0.05, 0.1) is 27.1 Å². The number of benzene rings is 2. The third-order valence-corrected chi connectivity index (χ3v) is 5.47. The van der Waals surface area contributed by atoms with Gasteiger partial charge in [-0.15, -0.1) is 6.58 Å². The molecule has 0 saturated heterocycles. The highest BCUT2D eigenvalue weighted by molar-refractivity contribution is 7.92. The maximum atomic E-state index is 12.9. The average molecular weight is 387 g/mol. The fraction of sp³-hybridized carbons (Fsp3) is 0.0667. The van der Waals surface area contributed by atoms with E-state index in [2.05, 4.69) is 6.58 Å². The summed E-state index contributed by atoms with van der Waals surface area (Å²) < 4.78 is 26.7. The lowest BCUT2D eigenvalue weighted by atomic mass is 10.3. The molecule has 0 aliphatic heterocycles. The van der Waals surface area contributed by atoms with E-state index in [1.54, 1.807) is 0 Å². The molecule has 0 radical (unpaired) electrons. The lowest BCUT2D eigenvalue weighted by Gasteiger charge is -2.24. The molecule has 0 aliphatic rings. The van der Waals surface area contributed by atoms with Gasteiger partial charge < -0.3 is 0 Å². The monoisotopic (exact) mass is 386 g/mol. The van der Waals surface area contributed by atoms with Gasteiger partial charge in [-0.05, 0) is 30.3 Å². The number of hydrogen-bond donors (Lipinski definition) is 0. The van der Waals surface area contributed by atoms with Gasteiger partial charge in [0.1, 0.15) is 0 Å². The SMILES string of the molecule is C=CCN(c1cc([N+](=O)[O-])ccc1Cl)S(=O)(=O)c1ccc(Cl)cc1. The molecule has 9 heteroatoms. The fourth-order valence-corrected chi connectivity index (χ4v) is 3.82. The van der Waals surface area contributed by atoms with Crippen LogP contribution in [-0.2, 0) is 10.0 Å². The summed E-state index contributed by atoms with van der Waals surface area (Å²) in [6, 6.07) is 9.16. The summed E-state index contributed by atoms with van der Waals surface area (Å²) in [5.74, 6) is 0. The van der Waals surface area contributed by atoms with Crippen LogP contribution in [0.3, 0.4) is 0 Å². The second-order valence-corrected chi connectivity index (χ2v) is 7.38. The molecule has 0 spiro atoms. The van der Waals surface area contributed by atoms with Crippen LogP contribution in [0.5, 0.6) is 0 Å². The van der Waals surface area contributed by atoms with Crippen molar-refractivity contribution in [2.75, 3.05) is 10.8 Å². The number of hydrogen-bond acceptors (Lipinski definition) is 4. The van der Waals surface area contributed by atoms with Crippen molar-refractivity contribution >= 4 is 44.6 Å². The molecule has 0 atom stereocenters. The Morgan fingerprint density at radius 2 is 1.79 bits per heavy atom. The predicted octanol–water partition coefficient (Wildman–Crippen LogP) is 4.28. The maximum Gasteiger partial charge on any atom is 0.271 e. The van der Waals surface area contributed by atoms with Gasteiger partial charge in [0.2, 0.25) is 0 Å². The zero-order chi connectivity index (χ0) is 17.9. The zero-order valence-corrected chi connectivity index (χ0v) is 14.6. The molecule has 126 valence electrons. The zero-order valence-electron chi connectivity index (χ0n) is 12.2. The number of sulfonamides is 1. The largest absolute Gasteiger partial charge is 0.271 e. The van der Waals surface area contributed by atoms with Crippen LogP contribution < -0.4 is 4.31 Å². The van der Waals surface area contributed by atoms with E-state index in [-0.39, 0.29) is 27.8 Å². The van der Waals surface area contributed by atoms with Crippen LogP contribution >= 0.6 is 23.2 Å². The molecule has 0 aromatic heterocycles. The summed E-state index contributed by atoms with van der Waals surface area (Å²) >= 11 is 11.8. The van der Waals surface area contributed by atoms with Crippen molar-refractivity contribution in [3.05, 3.63) is 75.3 Å². The van der Waals surface area contributed by atoms with Gasteiger partial charge in [-0.3, -0.25) is 14.4 Å². The van der Waals surface area contributed by atoms with Crippen molar-refractivity contribution in [3.8, 4) is 0 Å². The third kappa shape index (κ3) is 3.69. The van der Waals surface area contributed by atoms with Gasteiger partial charge in [0.15, 0.2) is 0 Å². The van der Waals surface area contributed by atoms with Crippen LogP contribution in [0.2, 0.25) is 10.0 Å². The number of nitrogens with zero attached hydrogens (tertiary/aromatic N) is 2. The van der Waals surface area contributed by atoms with Crippen molar-refractivity contribution in [3.63, 3.8) is 0 Å². The maximum absolute atomic E-state index is 12.9. The average Bonchev–Trinajstić information content (AvgIpc) is 2.53. The van der Waals surface area contributed by atoms with E-state index in [4.69, 9.17) is 23.2 Å². The molecular formula is C15H12Cl2N2O4S. The van der Waals surface area contributed by atoms with Gasteiger partial charge in [0, 0.05) is 17.2 Å². The quantitative estimate of drug-likeness (QED) is 0.421. The van der Waals surface area contributed by atoms with Gasteiger partial charge in [-0.2, -0.15) is 0 Å². The standard InChI is InChI=1S/C15H12Cl2N2O4S/c1-2-9-18(15-10-12(19(20)21)5-8-14(15)17)24(22,23)13-6-3-11(16)4-7-13/h2-8,10H,1,9H2. The Bertz CT molecular complexity index is 883. The molecule has 0 bridgehead atoms. The molecule has 0 aliphatic carbocycles. The molecule has 0 saturated carbocycles. The minimum Gasteiger partial charge on any atom is -0.261 e. The number of rotatable bonds is 6. The number of nitro benzene ring substituents is 1. The van der Waals surface area contributed by atoms with Crippen molar-refractivity contribution in [2.45, 2.75) is 4.90 Å². The Hall–Kier alpha value is -2.09. The molecule has 24 heavy (non-hydrogen) atoms. The van der Waals surface area contributed by atoms with Crippen LogP contribution in [0, 0.1) is 10.1 Å². The second kappa shape index (κ2) is 7.21. The topological polar surface area (TPSA) is 80.5 Å². The van der Waals surface area contributed by atoms with Crippen molar-refractivity contribution in [2.24, 2.45) is 0 Å². The van der Waals surface area contributed by atoms with E-state index in [1.807, 2.05) is 0 Å². The number of nitro groups is 1. The Morgan fingerprint density at radius 3 is 2.33 bits per heavy atom. The molecule has 2 aromatic carbocycles. The van der Waals surface area contributed by atoms with Gasteiger partial charge in [-0.25, -0.2) is 8.42 Å². The van der Waals surface area contributed by atoms with E-state index in [0.717, 1.165) is 10.4 Å². The number of halogens is 2. The first-order chi connectivity index (χ1) is 11.3. The normalized spacial score (nSPS) is 11.1. The number of anilines is 1. The smallest absolute Gasteiger partial charge is 0.261 e. The highest BCUT2D eigenvalue weighted by Gasteiger charge is 2.27. The van der Waals surface area contributed by atoms with Crippen LogP contribution in [0.15, 0.2) is 60.0 Å². The van der Waals surface area contributed by atoms with E-state index in [0.29, 0.717) is 5.02 Å². The highest BCUT2D eigenvalue weighted by atomic mass is 35.5. The van der Waals surface area contributed by atoms with Crippen LogP contribution in [0.4, 0.5) is 11.4 Å². The molecule has 0 amide bonds. The molecule has 0 unspecified atom stereocenters. The summed E-state index contributed by atoms with van der Waals surface area (Å²) in [6.45, 7) is 3.42. The summed E-state index contributed by atoms with van der Waals surface area (Å²) in [7, 11) is -4.00. The Balaban J connectivity index is 2.61. The van der Waals surface area contributed by atoms with Crippen LogP contribution in [0.1, 0.15) is 0 Å². The molecule has 6 nitrogen and oxygen atoms in total. The lowest BCUT2D eigenvalue weighted by Crippen LogP contribution is -2.31. The lowest BCUT2D eigenvalue weighted by molar-refractivity contribution is -0.384. The van der Waals surface area contributed by atoms with E-state index in [9.17, 15) is 18.5 Å². The minimum absolute atomic E-state index is 0.000664. The molecule has 0 N–H and O–H groups in total. The minimum atomic E-state index is -4.00. The van der Waals surface area contributed by atoms with E-state index < -0.39 is 14.9 Å². The van der Waals surface area contributed by atoms with Gasteiger partial charge >= 0.3 is 0 Å². The Kier molecular flexibility index (Phi) is 5.48. The van der Waals surface area contributed by atoms with Crippen molar-refractivity contribution in [1.82, 2.24) is 0 Å². The fourth-order valence-electron chi connectivity index (χ4n) is 1.98. The molecule has 0 fully saturated rings.